The van der Waals surface area contributed by atoms with E-state index in [-0.39, 0.29) is 0 Å². The monoisotopic (exact) mass is 840 g/mol. The smallest absolute Gasteiger partial charge is 0.187 e. The van der Waals surface area contributed by atoms with Crippen LogP contribution in [0.1, 0.15) is 5.56 Å². The lowest BCUT2D eigenvalue weighted by Crippen LogP contribution is -2.05. The number of rotatable bonds is 7. The molecule has 0 atom stereocenters. The van der Waals surface area contributed by atoms with Gasteiger partial charge in [-0.1, -0.05) is 140 Å². The molecule has 306 valence electrons. The fourth-order valence-electron chi connectivity index (χ4n) is 9.78. The molecule has 6 nitrogen and oxygen atoms in total. The van der Waals surface area contributed by atoms with E-state index in [9.17, 15) is 5.26 Å². The summed E-state index contributed by atoms with van der Waals surface area (Å²) >= 11 is 0. The van der Waals surface area contributed by atoms with Crippen LogP contribution in [0, 0.1) is 17.9 Å². The van der Waals surface area contributed by atoms with Crippen LogP contribution in [0.5, 0.6) is 0 Å². The third kappa shape index (κ3) is 6.25. The maximum atomic E-state index is 10.9. The van der Waals surface area contributed by atoms with Gasteiger partial charge < -0.3 is 9.13 Å². The Morgan fingerprint density at radius 3 is 1.38 bits per heavy atom. The summed E-state index contributed by atoms with van der Waals surface area (Å²) in [6.07, 6.45) is 3.69. The molecule has 0 radical (unpaired) electrons. The van der Waals surface area contributed by atoms with Gasteiger partial charge in [0.1, 0.15) is 0 Å². The molecule has 4 aromatic heterocycles. The Labute approximate surface area is 381 Å². The molecule has 0 unspecified atom stereocenters. The summed E-state index contributed by atoms with van der Waals surface area (Å²) in [7, 11) is 0. The van der Waals surface area contributed by atoms with Gasteiger partial charge in [-0.3, -0.25) is 9.97 Å². The lowest BCUT2D eigenvalue weighted by atomic mass is 9.97. The zero-order valence-corrected chi connectivity index (χ0v) is 35.5. The fraction of sp³-hybridized carbons (Fsp3) is 0. The number of benzene rings is 8. The van der Waals surface area contributed by atoms with Gasteiger partial charge in [0.2, 0.25) is 0 Å². The predicted octanol–water partition coefficient (Wildman–Crippen LogP) is 15.4. The van der Waals surface area contributed by atoms with E-state index in [1.807, 2.05) is 91.3 Å². The number of nitriles is 1. The second-order valence-corrected chi connectivity index (χ2v) is 16.4. The van der Waals surface area contributed by atoms with Crippen LogP contribution in [-0.4, -0.2) is 19.1 Å². The lowest BCUT2D eigenvalue weighted by Gasteiger charge is -2.21. The van der Waals surface area contributed by atoms with Crippen molar-refractivity contribution in [1.82, 2.24) is 19.1 Å². The molecule has 66 heavy (non-hydrogen) atoms. The molecule has 6 heteroatoms. The van der Waals surface area contributed by atoms with E-state index in [4.69, 9.17) is 16.5 Å². The van der Waals surface area contributed by atoms with Gasteiger partial charge in [0, 0.05) is 61.8 Å². The average molecular weight is 841 g/mol. The second kappa shape index (κ2) is 15.8. The van der Waals surface area contributed by atoms with Crippen LogP contribution in [0.3, 0.4) is 0 Å². The van der Waals surface area contributed by atoms with Crippen molar-refractivity contribution in [2.75, 3.05) is 0 Å². The standard InChI is InChI=1S/C60H36N6/c1-62-45-20-12-19-44(35-45)58-56(65-52-25-10-8-21-48(52)50-36-42(27-29-54(50)65)46-23-13-31-63-59(46)40-15-4-2-5-16-40)33-39(38-61)34-57(58)66-53-26-11-9-22-49(53)51-37-43(28-30-55(51)66)47-24-14-32-64-60(47)41-17-6-3-7-18-41/h2-37H. The van der Waals surface area contributed by atoms with E-state index in [2.05, 4.69) is 147 Å². The van der Waals surface area contributed by atoms with Gasteiger partial charge in [0.25, 0.3) is 0 Å². The summed E-state index contributed by atoms with van der Waals surface area (Å²) in [4.78, 5) is 13.6. The van der Waals surface area contributed by atoms with Crippen LogP contribution < -0.4 is 0 Å². The number of hydrogen-bond donors (Lipinski definition) is 0. The van der Waals surface area contributed by atoms with Gasteiger partial charge in [-0.25, -0.2) is 4.85 Å². The van der Waals surface area contributed by atoms with Gasteiger partial charge in [0.15, 0.2) is 5.69 Å². The molecule has 0 N–H and O–H groups in total. The first-order valence-corrected chi connectivity index (χ1v) is 21.8. The first-order chi connectivity index (χ1) is 32.7. The van der Waals surface area contributed by atoms with Crippen molar-refractivity contribution in [3.8, 4) is 73.3 Å². The molecule has 12 aromatic rings. The number of pyridine rings is 2. The summed E-state index contributed by atoms with van der Waals surface area (Å²) in [6, 6.07) is 73.4. The molecule has 0 spiro atoms. The van der Waals surface area contributed by atoms with Crippen molar-refractivity contribution in [1.29, 1.82) is 5.26 Å². The number of para-hydroxylation sites is 2. The molecule has 0 saturated heterocycles. The molecule has 12 rings (SSSR count). The number of hydrogen-bond acceptors (Lipinski definition) is 3. The number of fused-ring (bicyclic) bond motifs is 6. The molecule has 0 aliphatic heterocycles. The first kappa shape index (κ1) is 38.3. The SMILES string of the molecule is [C-]#[N+]c1cccc(-c2c(-n3c4ccccc4c4cc(-c5cccnc5-c5ccccc5)ccc43)cc(C#N)cc2-n2c3ccccc3c3cc(-c4cccnc4-c4ccccc4)ccc32)c1. The second-order valence-electron chi connectivity index (χ2n) is 16.4. The van der Waals surface area contributed by atoms with Crippen molar-refractivity contribution in [3.05, 3.63) is 236 Å². The highest BCUT2D eigenvalue weighted by Gasteiger charge is 2.24. The fourth-order valence-corrected chi connectivity index (χ4v) is 9.78. The zero-order chi connectivity index (χ0) is 44.1. The first-order valence-electron chi connectivity index (χ1n) is 21.8. The van der Waals surface area contributed by atoms with Crippen LogP contribution >= 0.6 is 0 Å². The van der Waals surface area contributed by atoms with Crippen molar-refractivity contribution >= 4 is 49.3 Å². The van der Waals surface area contributed by atoms with Crippen LogP contribution in [0.25, 0.3) is 116 Å². The Morgan fingerprint density at radius 1 is 0.409 bits per heavy atom. The molecule has 0 fully saturated rings. The lowest BCUT2D eigenvalue weighted by molar-refractivity contribution is 1.13. The largest absolute Gasteiger partial charge is 0.308 e. The maximum Gasteiger partial charge on any atom is 0.187 e. The van der Waals surface area contributed by atoms with Crippen molar-refractivity contribution in [3.63, 3.8) is 0 Å². The Kier molecular flexibility index (Phi) is 9.16. The Bertz CT molecular complexity index is 3740. The van der Waals surface area contributed by atoms with Crippen LogP contribution in [0.4, 0.5) is 5.69 Å². The zero-order valence-electron chi connectivity index (χ0n) is 35.5. The third-order valence-corrected chi connectivity index (χ3v) is 12.6. The highest BCUT2D eigenvalue weighted by molar-refractivity contribution is 6.13. The average Bonchev–Trinajstić information content (AvgIpc) is 3.91. The highest BCUT2D eigenvalue weighted by atomic mass is 15.0. The molecule has 0 amide bonds. The van der Waals surface area contributed by atoms with Crippen LogP contribution in [0.2, 0.25) is 0 Å². The minimum absolute atomic E-state index is 0.515. The minimum Gasteiger partial charge on any atom is -0.308 e. The molecule has 0 aliphatic carbocycles. The van der Waals surface area contributed by atoms with Crippen molar-refractivity contribution < 1.29 is 0 Å². The summed E-state index contributed by atoms with van der Waals surface area (Å²) in [5.74, 6) is 0. The van der Waals surface area contributed by atoms with E-state index in [0.29, 0.717) is 11.3 Å². The number of aromatic nitrogens is 4. The molecule has 8 aromatic carbocycles. The van der Waals surface area contributed by atoms with E-state index in [1.54, 1.807) is 0 Å². The van der Waals surface area contributed by atoms with E-state index < -0.39 is 0 Å². The summed E-state index contributed by atoms with van der Waals surface area (Å²) < 4.78 is 4.58. The Balaban J connectivity index is 1.14. The topological polar surface area (TPSA) is 63.8 Å². The predicted molar refractivity (Wildman–Crippen MR) is 269 cm³/mol. The normalized spacial score (nSPS) is 11.3. The van der Waals surface area contributed by atoms with E-state index >= 15 is 0 Å². The summed E-state index contributed by atoms with van der Waals surface area (Å²) in [6.45, 7) is 8.07. The van der Waals surface area contributed by atoms with E-state index in [0.717, 1.165) is 111 Å². The Hall–Kier alpha value is -9.36. The molecule has 0 aliphatic rings. The molecular formula is C60H36N6. The molecular weight excluding hydrogens is 805 g/mol. The summed E-state index contributed by atoms with van der Waals surface area (Å²) in [5.41, 5.74) is 16.6. The maximum absolute atomic E-state index is 10.9. The number of nitrogens with zero attached hydrogens (tertiary/aromatic N) is 6. The highest BCUT2D eigenvalue weighted by Crippen LogP contribution is 2.45. The van der Waals surface area contributed by atoms with Gasteiger partial charge in [-0.15, -0.1) is 0 Å². The van der Waals surface area contributed by atoms with Gasteiger partial charge in [-0.2, -0.15) is 5.26 Å². The summed E-state index contributed by atoms with van der Waals surface area (Å²) in [5, 5.41) is 15.2. The van der Waals surface area contributed by atoms with E-state index in [1.165, 1.54) is 0 Å². The van der Waals surface area contributed by atoms with Gasteiger partial charge >= 0.3 is 0 Å². The molecule has 4 heterocycles. The van der Waals surface area contributed by atoms with Gasteiger partial charge in [0.05, 0.1) is 63.0 Å². The van der Waals surface area contributed by atoms with Crippen LogP contribution in [0.15, 0.2) is 219 Å². The molecule has 0 bridgehead atoms. The minimum atomic E-state index is 0.515. The van der Waals surface area contributed by atoms with Gasteiger partial charge in [-0.05, 0) is 83.4 Å². The third-order valence-electron chi connectivity index (χ3n) is 12.6. The Morgan fingerprint density at radius 2 is 0.879 bits per heavy atom. The quantitative estimate of drug-likeness (QED) is 0.150. The van der Waals surface area contributed by atoms with Crippen molar-refractivity contribution in [2.45, 2.75) is 0 Å². The van der Waals surface area contributed by atoms with Crippen molar-refractivity contribution in [2.24, 2.45) is 0 Å². The molecule has 0 saturated carbocycles. The van der Waals surface area contributed by atoms with Crippen LogP contribution in [-0.2, 0) is 0 Å².